The van der Waals surface area contributed by atoms with E-state index < -0.39 is 6.04 Å². The molecule has 148 valence electrons. The number of carbonyl (C=O) groups excluding carboxylic acids is 1. The van der Waals surface area contributed by atoms with Gasteiger partial charge < -0.3 is 4.42 Å². The Balaban J connectivity index is 1.78. The average Bonchev–Trinajstić information content (AvgIpc) is 3.07. The monoisotopic (exact) mass is 399 g/mol. The SMILES string of the molecule is CCc1ccc(N2C(=O)c3oc4ccccc4c(=O)c3C2c2ccc(F)cc2)cc1. The van der Waals surface area contributed by atoms with Gasteiger partial charge in [-0.05, 0) is 53.9 Å². The standard InChI is InChI=1S/C25H18FNO3/c1-2-15-7-13-18(14-8-15)27-22(16-9-11-17(26)12-10-16)21-23(28)19-5-3-4-6-20(19)30-24(21)25(27)29/h3-14,22H,2H2,1H3. The highest BCUT2D eigenvalue weighted by Gasteiger charge is 2.43. The molecule has 1 aliphatic rings. The van der Waals surface area contributed by atoms with E-state index in [2.05, 4.69) is 6.92 Å². The van der Waals surface area contributed by atoms with Crippen LogP contribution < -0.4 is 10.3 Å². The van der Waals surface area contributed by atoms with Crippen molar-refractivity contribution in [2.24, 2.45) is 0 Å². The number of nitrogens with zero attached hydrogens (tertiary/aromatic N) is 1. The fourth-order valence-corrected chi connectivity index (χ4v) is 4.04. The van der Waals surface area contributed by atoms with Crippen LogP contribution in [0.5, 0.6) is 0 Å². The largest absolute Gasteiger partial charge is 0.450 e. The number of amides is 1. The summed E-state index contributed by atoms with van der Waals surface area (Å²) in [7, 11) is 0. The van der Waals surface area contributed by atoms with E-state index >= 15 is 0 Å². The van der Waals surface area contributed by atoms with Crippen LogP contribution in [-0.2, 0) is 6.42 Å². The third kappa shape index (κ3) is 2.74. The highest BCUT2D eigenvalue weighted by Crippen LogP contribution is 2.41. The van der Waals surface area contributed by atoms with E-state index in [-0.39, 0.29) is 28.5 Å². The van der Waals surface area contributed by atoms with Gasteiger partial charge in [0, 0.05) is 5.69 Å². The lowest BCUT2D eigenvalue weighted by Crippen LogP contribution is -2.29. The minimum atomic E-state index is -0.693. The van der Waals surface area contributed by atoms with Gasteiger partial charge in [0.2, 0.25) is 5.76 Å². The third-order valence-electron chi connectivity index (χ3n) is 5.59. The highest BCUT2D eigenvalue weighted by atomic mass is 19.1. The number of carbonyl (C=O) groups is 1. The molecule has 30 heavy (non-hydrogen) atoms. The molecule has 1 amide bonds. The Labute approximate surface area is 172 Å². The van der Waals surface area contributed by atoms with Crippen LogP contribution in [0.4, 0.5) is 10.1 Å². The van der Waals surface area contributed by atoms with Gasteiger partial charge in [0.15, 0.2) is 5.43 Å². The van der Waals surface area contributed by atoms with Gasteiger partial charge >= 0.3 is 0 Å². The Morgan fingerprint density at radius 3 is 2.33 bits per heavy atom. The molecule has 1 atom stereocenters. The minimum Gasteiger partial charge on any atom is -0.450 e. The summed E-state index contributed by atoms with van der Waals surface area (Å²) in [5.41, 5.74) is 2.84. The smallest absolute Gasteiger partial charge is 0.295 e. The maximum Gasteiger partial charge on any atom is 0.295 e. The molecule has 0 spiro atoms. The number of rotatable bonds is 3. The van der Waals surface area contributed by atoms with E-state index in [0.29, 0.717) is 22.2 Å². The van der Waals surface area contributed by atoms with Crippen molar-refractivity contribution in [3.05, 3.63) is 111 Å². The van der Waals surface area contributed by atoms with Crippen molar-refractivity contribution < 1.29 is 13.6 Å². The Morgan fingerprint density at radius 2 is 1.63 bits per heavy atom. The van der Waals surface area contributed by atoms with Crippen molar-refractivity contribution in [3.8, 4) is 0 Å². The fourth-order valence-electron chi connectivity index (χ4n) is 4.04. The van der Waals surface area contributed by atoms with Gasteiger partial charge in [0.05, 0.1) is 17.0 Å². The van der Waals surface area contributed by atoms with Crippen LogP contribution in [0.15, 0.2) is 82.0 Å². The first-order valence-electron chi connectivity index (χ1n) is 9.82. The summed E-state index contributed by atoms with van der Waals surface area (Å²) in [5.74, 6) is -0.730. The van der Waals surface area contributed by atoms with Crippen molar-refractivity contribution in [1.82, 2.24) is 0 Å². The Bertz CT molecular complexity index is 1320. The predicted molar refractivity (Wildman–Crippen MR) is 113 cm³/mol. The van der Waals surface area contributed by atoms with Crippen molar-refractivity contribution in [1.29, 1.82) is 0 Å². The lowest BCUT2D eigenvalue weighted by atomic mass is 9.98. The molecule has 0 saturated carbocycles. The van der Waals surface area contributed by atoms with Crippen LogP contribution >= 0.6 is 0 Å². The van der Waals surface area contributed by atoms with Crippen molar-refractivity contribution in [2.45, 2.75) is 19.4 Å². The number of hydrogen-bond acceptors (Lipinski definition) is 3. The number of anilines is 1. The van der Waals surface area contributed by atoms with Crippen LogP contribution in [0.25, 0.3) is 11.0 Å². The third-order valence-corrected chi connectivity index (χ3v) is 5.59. The second-order valence-corrected chi connectivity index (χ2v) is 7.32. The number of benzene rings is 3. The molecule has 2 heterocycles. The molecule has 4 nitrogen and oxygen atoms in total. The molecule has 3 aromatic carbocycles. The van der Waals surface area contributed by atoms with Crippen LogP contribution in [0.2, 0.25) is 0 Å². The average molecular weight is 399 g/mol. The predicted octanol–water partition coefficient (Wildman–Crippen LogP) is 5.24. The molecule has 1 aliphatic heterocycles. The molecule has 0 radical (unpaired) electrons. The normalized spacial score (nSPS) is 15.6. The number of para-hydroxylation sites is 1. The molecule has 0 saturated heterocycles. The maximum atomic E-state index is 13.6. The first kappa shape index (κ1) is 18.3. The first-order valence-corrected chi connectivity index (χ1v) is 9.82. The van der Waals surface area contributed by atoms with Gasteiger partial charge in [-0.1, -0.05) is 43.3 Å². The zero-order chi connectivity index (χ0) is 20.8. The fraction of sp³-hybridized carbons (Fsp3) is 0.120. The number of halogens is 1. The lowest BCUT2D eigenvalue weighted by molar-refractivity contribution is 0.0971. The van der Waals surface area contributed by atoms with Gasteiger partial charge in [0.25, 0.3) is 5.91 Å². The van der Waals surface area contributed by atoms with Gasteiger partial charge in [0.1, 0.15) is 11.4 Å². The second-order valence-electron chi connectivity index (χ2n) is 7.32. The Hall–Kier alpha value is -3.73. The molecular formula is C25H18FNO3. The highest BCUT2D eigenvalue weighted by molar-refractivity contribution is 6.10. The first-order chi connectivity index (χ1) is 14.6. The molecular weight excluding hydrogens is 381 g/mol. The summed E-state index contributed by atoms with van der Waals surface area (Å²) >= 11 is 0. The summed E-state index contributed by atoms with van der Waals surface area (Å²) in [4.78, 5) is 28.4. The van der Waals surface area contributed by atoms with Crippen LogP contribution in [-0.4, -0.2) is 5.91 Å². The molecule has 1 unspecified atom stereocenters. The number of hydrogen-bond donors (Lipinski definition) is 0. The quantitative estimate of drug-likeness (QED) is 0.473. The summed E-state index contributed by atoms with van der Waals surface area (Å²) in [5, 5.41) is 0.416. The molecule has 0 N–H and O–H groups in total. The number of fused-ring (bicyclic) bond motifs is 2. The van der Waals surface area contributed by atoms with Gasteiger partial charge in [-0.2, -0.15) is 0 Å². The van der Waals surface area contributed by atoms with Gasteiger partial charge in [-0.25, -0.2) is 4.39 Å². The molecule has 1 aromatic heterocycles. The Morgan fingerprint density at radius 1 is 0.933 bits per heavy atom. The van der Waals surface area contributed by atoms with E-state index in [4.69, 9.17) is 4.42 Å². The van der Waals surface area contributed by atoms with Crippen LogP contribution in [0.1, 0.15) is 40.2 Å². The molecule has 4 aromatic rings. The van der Waals surface area contributed by atoms with Crippen LogP contribution in [0, 0.1) is 5.82 Å². The summed E-state index contributed by atoms with van der Waals surface area (Å²) in [6.45, 7) is 2.06. The van der Waals surface area contributed by atoms with Crippen LogP contribution in [0.3, 0.4) is 0 Å². The van der Waals surface area contributed by atoms with Gasteiger partial charge in [-0.3, -0.25) is 14.5 Å². The zero-order valence-corrected chi connectivity index (χ0v) is 16.3. The van der Waals surface area contributed by atoms with Crippen molar-refractivity contribution in [3.63, 3.8) is 0 Å². The summed E-state index contributed by atoms with van der Waals surface area (Å²) in [6, 6.07) is 19.7. The Kier molecular flexibility index (Phi) is 4.24. The molecule has 0 bridgehead atoms. The second kappa shape index (κ2) is 6.95. The molecule has 0 fully saturated rings. The topological polar surface area (TPSA) is 50.5 Å². The van der Waals surface area contributed by atoms with E-state index in [0.717, 1.165) is 12.0 Å². The molecule has 0 aliphatic carbocycles. The summed E-state index contributed by atoms with van der Waals surface area (Å²) < 4.78 is 19.5. The minimum absolute atomic E-state index is 0.0348. The maximum absolute atomic E-state index is 13.6. The van der Waals surface area contributed by atoms with E-state index in [1.165, 1.54) is 12.1 Å². The van der Waals surface area contributed by atoms with Crippen molar-refractivity contribution >= 4 is 22.6 Å². The molecule has 5 heteroatoms. The van der Waals surface area contributed by atoms with E-state index in [9.17, 15) is 14.0 Å². The van der Waals surface area contributed by atoms with Gasteiger partial charge in [-0.15, -0.1) is 0 Å². The molecule has 5 rings (SSSR count). The van der Waals surface area contributed by atoms with E-state index in [1.807, 2.05) is 24.3 Å². The summed E-state index contributed by atoms with van der Waals surface area (Å²) in [6.07, 6.45) is 0.876. The van der Waals surface area contributed by atoms with Crippen molar-refractivity contribution in [2.75, 3.05) is 4.90 Å². The van der Waals surface area contributed by atoms with E-state index in [1.54, 1.807) is 41.3 Å². The number of aryl methyl sites for hydroxylation is 1. The zero-order valence-electron chi connectivity index (χ0n) is 16.3. The lowest BCUT2D eigenvalue weighted by Gasteiger charge is -2.25.